The third-order valence-corrected chi connectivity index (χ3v) is 18.3. The maximum Gasteiger partial charge on any atom is 0 e. The topological polar surface area (TPSA) is 67.6 Å². The third-order valence-electron chi connectivity index (χ3n) is 14.1. The molecule has 0 aliphatic heterocycles. The Morgan fingerprint density at radius 1 is 0.690 bits per heavy atom. The predicted molar refractivity (Wildman–Crippen MR) is 294 cm³/mol. The van der Waals surface area contributed by atoms with Gasteiger partial charge in [0, 0.05) is 31.2 Å². The molecule has 0 unspecified atom stereocenters. The van der Waals surface area contributed by atoms with E-state index in [0.717, 1.165) is 61.2 Å². The fourth-order valence-electron chi connectivity index (χ4n) is 10.4. The largest absolute Gasteiger partial charge is 0 e. The van der Waals surface area contributed by atoms with Crippen LogP contribution >= 0.6 is 0 Å². The Bertz CT molecular complexity index is 3490. The van der Waals surface area contributed by atoms with E-state index in [1.165, 1.54) is 65.6 Å². The number of nitriles is 1. The van der Waals surface area contributed by atoms with Crippen LogP contribution in [0.2, 0.25) is 17.3 Å². The number of pyridine rings is 1. The van der Waals surface area contributed by atoms with Crippen molar-refractivity contribution in [3.05, 3.63) is 192 Å². The van der Waals surface area contributed by atoms with Crippen molar-refractivity contribution in [3.63, 3.8) is 0 Å². The summed E-state index contributed by atoms with van der Waals surface area (Å²) in [6.45, 7) is 9.14. The molecule has 0 bridgehead atoms. The zero-order chi connectivity index (χ0) is 48.5. The van der Waals surface area contributed by atoms with Gasteiger partial charge in [0.1, 0.15) is 5.58 Å². The van der Waals surface area contributed by atoms with Gasteiger partial charge < -0.3 is 8.98 Å². The number of rotatable bonds is 9. The van der Waals surface area contributed by atoms with Crippen LogP contribution in [0.4, 0.5) is 0 Å². The minimum absolute atomic E-state index is 0. The molecule has 1 radical (unpaired) electrons. The van der Waals surface area contributed by atoms with Crippen molar-refractivity contribution in [1.82, 2.24) is 14.5 Å². The summed E-state index contributed by atoms with van der Waals surface area (Å²) in [4.78, 5) is 10.1. The first-order chi connectivity index (χ1) is 34.0. The monoisotopic (exact) mass is 1170 g/mol. The zero-order valence-electron chi connectivity index (χ0n) is 41.8. The molecule has 0 atom stereocenters. The van der Waals surface area contributed by atoms with E-state index in [-0.39, 0.29) is 31.9 Å². The Balaban J connectivity index is 0.000000211. The standard InChI is InChI=1S/C43H35N2O.C21H25GeN2.Ir/c1-27(2)36-24-32(30-16-9-6-10-17-30)25-37(28(3)4)41(36)45-39-21-12-11-20-38(39)44-43(45)35-19-13-18-34-33-23-22-31(26-40(33)46-42(34)35)29-14-7-5-8-15-29;1-22(2,3)20-15-24-21(18-11-9-16(14-23)10-12-18)13-19(20)17-7-5-4-6-8-17;/h5-18,20-28H,1-4H3;9-11,13,15,17H,4-8H2,1-3H3;/q2*-1;. The SMILES string of the molecule is CC(C)c1cc(-c2ccccc2)cc(C(C)C)c1-n1c(-c2[c-]ccc3c2oc2cc(-c4ccccc4)ccc23)nc2ccccc21.[CH3][Ge]([CH3])([CH3])[c]1cnc(-c2[c-]cc(C#N)cc2)cc1C1CCCCC1.[Ir]. The number of nitrogens with zero attached hydrogens (tertiary/aromatic N) is 4. The van der Waals surface area contributed by atoms with Crippen LogP contribution in [0.15, 0.2) is 162 Å². The van der Waals surface area contributed by atoms with E-state index in [4.69, 9.17) is 19.6 Å². The molecule has 1 fully saturated rings. The number of aromatic nitrogens is 3. The summed E-state index contributed by atoms with van der Waals surface area (Å²) >= 11 is -1.95. The van der Waals surface area contributed by atoms with Crippen LogP contribution in [0.3, 0.4) is 0 Å². The van der Waals surface area contributed by atoms with Crippen LogP contribution in [0.25, 0.3) is 83.6 Å². The molecule has 0 saturated heterocycles. The summed E-state index contributed by atoms with van der Waals surface area (Å²) in [5.74, 6) is 9.47. The molecule has 3 heterocycles. The molecule has 7 heteroatoms. The molecule has 357 valence electrons. The minimum Gasteiger partial charge on any atom is 0 e. The quantitative estimate of drug-likeness (QED) is 0.107. The maximum absolute atomic E-state index is 8.96. The molecule has 0 amide bonds. The second kappa shape index (κ2) is 21.2. The summed E-state index contributed by atoms with van der Waals surface area (Å²) < 4.78 is 10.7. The van der Waals surface area contributed by atoms with Crippen molar-refractivity contribution >= 4 is 50.6 Å². The predicted octanol–water partition coefficient (Wildman–Crippen LogP) is 17.0. The van der Waals surface area contributed by atoms with E-state index in [2.05, 4.69) is 195 Å². The molecule has 71 heavy (non-hydrogen) atoms. The molecule has 11 rings (SSSR count). The molecule has 3 aromatic heterocycles. The van der Waals surface area contributed by atoms with Crippen molar-refractivity contribution < 1.29 is 24.5 Å². The minimum atomic E-state index is -1.95. The number of para-hydroxylation sites is 2. The van der Waals surface area contributed by atoms with E-state index in [1.807, 2.05) is 24.3 Å². The molecular weight excluding hydrogens is 1110 g/mol. The number of hydrogen-bond donors (Lipinski definition) is 0. The van der Waals surface area contributed by atoms with Crippen LogP contribution < -0.4 is 4.40 Å². The average Bonchev–Trinajstić information content (AvgIpc) is 3.97. The van der Waals surface area contributed by atoms with Gasteiger partial charge in [-0.25, -0.2) is 0 Å². The first kappa shape index (κ1) is 49.6. The number of benzene rings is 7. The molecule has 7 aromatic carbocycles. The van der Waals surface area contributed by atoms with Gasteiger partial charge in [-0.05, 0) is 75.5 Å². The van der Waals surface area contributed by atoms with Gasteiger partial charge in [0.15, 0.2) is 0 Å². The Morgan fingerprint density at radius 3 is 1.99 bits per heavy atom. The number of imidazole rings is 1. The summed E-state index contributed by atoms with van der Waals surface area (Å²) in [6, 6.07) is 61.8. The van der Waals surface area contributed by atoms with E-state index in [9.17, 15) is 0 Å². The second-order valence-electron chi connectivity index (χ2n) is 20.6. The summed E-state index contributed by atoms with van der Waals surface area (Å²) in [7, 11) is 0. The molecule has 10 aromatic rings. The summed E-state index contributed by atoms with van der Waals surface area (Å²) in [5, 5.41) is 11.1. The van der Waals surface area contributed by atoms with Crippen molar-refractivity contribution in [1.29, 1.82) is 5.26 Å². The molecule has 0 N–H and O–H groups in total. The fourth-order valence-corrected chi connectivity index (χ4v) is 13.7. The van der Waals surface area contributed by atoms with Crippen LogP contribution in [0.5, 0.6) is 0 Å². The second-order valence-corrected chi connectivity index (χ2v) is 31.1. The van der Waals surface area contributed by atoms with E-state index in [1.54, 1.807) is 16.0 Å². The first-order valence-electron chi connectivity index (χ1n) is 25.0. The third kappa shape index (κ3) is 10.1. The number of hydrogen-bond acceptors (Lipinski definition) is 4. The van der Waals surface area contributed by atoms with Crippen LogP contribution in [-0.4, -0.2) is 27.8 Å². The molecule has 1 saturated carbocycles. The van der Waals surface area contributed by atoms with Crippen molar-refractivity contribution in [2.45, 2.75) is 94.8 Å². The van der Waals surface area contributed by atoms with Gasteiger partial charge in [-0.1, -0.05) is 124 Å². The summed E-state index contributed by atoms with van der Waals surface area (Å²) in [5.41, 5.74) is 17.3. The van der Waals surface area contributed by atoms with Gasteiger partial charge in [-0.2, -0.15) is 0 Å². The van der Waals surface area contributed by atoms with Crippen LogP contribution in [0.1, 0.15) is 99.8 Å². The van der Waals surface area contributed by atoms with Gasteiger partial charge in [-0.3, -0.25) is 4.98 Å². The Hall–Kier alpha value is -6.36. The number of fused-ring (bicyclic) bond motifs is 4. The van der Waals surface area contributed by atoms with E-state index >= 15 is 0 Å². The van der Waals surface area contributed by atoms with Gasteiger partial charge in [0.05, 0.1) is 22.4 Å². The van der Waals surface area contributed by atoms with Gasteiger partial charge in [-0.15, -0.1) is 18.2 Å². The fraction of sp³-hybridized carbons (Fsp3) is 0.234. The number of furan rings is 1. The molecule has 0 spiro atoms. The molecular formula is C64H60GeIrN4O-2. The average molecular weight is 1170 g/mol. The van der Waals surface area contributed by atoms with Gasteiger partial charge in [0.2, 0.25) is 0 Å². The van der Waals surface area contributed by atoms with Crippen LogP contribution in [0, 0.1) is 23.5 Å². The first-order valence-corrected chi connectivity index (χ1v) is 32.4. The van der Waals surface area contributed by atoms with Gasteiger partial charge >= 0.3 is 148 Å². The van der Waals surface area contributed by atoms with Crippen molar-refractivity contribution in [3.8, 4) is 56.7 Å². The molecule has 1 aliphatic rings. The van der Waals surface area contributed by atoms with E-state index in [0.29, 0.717) is 11.5 Å². The molecule has 5 nitrogen and oxygen atoms in total. The van der Waals surface area contributed by atoms with Gasteiger partial charge in [0.25, 0.3) is 0 Å². The Labute approximate surface area is 435 Å². The maximum atomic E-state index is 8.96. The molecule has 1 aliphatic carbocycles. The van der Waals surface area contributed by atoms with Crippen molar-refractivity contribution in [2.75, 3.05) is 0 Å². The smallest absolute Gasteiger partial charge is 0 e. The summed E-state index contributed by atoms with van der Waals surface area (Å²) in [6.07, 6.45) is 8.84. The van der Waals surface area contributed by atoms with Crippen LogP contribution in [-0.2, 0) is 20.1 Å². The van der Waals surface area contributed by atoms with E-state index < -0.39 is 13.3 Å². The zero-order valence-corrected chi connectivity index (χ0v) is 46.3. The Kier molecular flexibility index (Phi) is 14.8. The Morgan fingerprint density at radius 2 is 1.35 bits per heavy atom. The normalized spacial score (nSPS) is 13.1. The van der Waals surface area contributed by atoms with Crippen molar-refractivity contribution in [2.24, 2.45) is 0 Å².